The highest BCUT2D eigenvalue weighted by Gasteiger charge is 2.37. The molecule has 2 N–H and O–H groups in total. The van der Waals surface area contributed by atoms with Gasteiger partial charge in [-0.1, -0.05) is 0 Å². The lowest BCUT2D eigenvalue weighted by atomic mass is 10.3. The molecule has 2 rings (SSSR count). The molecule has 0 atom stereocenters. The number of halogens is 1. The van der Waals surface area contributed by atoms with E-state index in [2.05, 4.69) is 15.9 Å². The molecule has 7 heteroatoms. The zero-order chi connectivity index (χ0) is 14.0. The maximum Gasteiger partial charge on any atom is 0.243 e. The maximum atomic E-state index is 12.6. The molecule has 1 saturated carbocycles. The first-order valence-corrected chi connectivity index (χ1v) is 8.26. The topological polar surface area (TPSA) is 72.6 Å². The molecule has 0 aromatic heterocycles. The third-order valence-electron chi connectivity index (χ3n) is 3.04. The number of methoxy groups -OCH3 is 1. The summed E-state index contributed by atoms with van der Waals surface area (Å²) in [5.41, 5.74) is 6.17. The van der Waals surface area contributed by atoms with Gasteiger partial charge in [-0.2, -0.15) is 4.31 Å². The monoisotopic (exact) mass is 348 g/mol. The van der Waals surface area contributed by atoms with Gasteiger partial charge in [-0.25, -0.2) is 8.42 Å². The van der Waals surface area contributed by atoms with Crippen molar-refractivity contribution >= 4 is 31.6 Å². The van der Waals surface area contributed by atoms with E-state index in [1.165, 1.54) is 10.4 Å². The van der Waals surface area contributed by atoms with Crippen molar-refractivity contribution in [1.29, 1.82) is 0 Å². The summed E-state index contributed by atoms with van der Waals surface area (Å²) in [5, 5.41) is 0. The summed E-state index contributed by atoms with van der Waals surface area (Å²) in [6.45, 7) is 0.765. The fourth-order valence-corrected chi connectivity index (χ4v) is 3.81. The van der Waals surface area contributed by atoms with Crippen molar-refractivity contribution < 1.29 is 13.2 Å². The number of anilines is 1. The van der Waals surface area contributed by atoms with E-state index in [1.54, 1.807) is 19.2 Å². The zero-order valence-corrected chi connectivity index (χ0v) is 13.1. The second kappa shape index (κ2) is 5.78. The molecule has 1 aliphatic rings. The molecule has 0 unspecified atom stereocenters. The van der Waals surface area contributed by atoms with Crippen LogP contribution in [0.5, 0.6) is 0 Å². The third kappa shape index (κ3) is 3.28. The number of hydrogen-bond donors (Lipinski definition) is 1. The third-order valence-corrected chi connectivity index (χ3v) is 5.71. The van der Waals surface area contributed by atoms with Crippen molar-refractivity contribution in [3.8, 4) is 0 Å². The molecule has 0 bridgehead atoms. The summed E-state index contributed by atoms with van der Waals surface area (Å²) in [6.07, 6.45) is 1.82. The lowest BCUT2D eigenvalue weighted by Crippen LogP contribution is -2.35. The number of benzene rings is 1. The molecule has 19 heavy (non-hydrogen) atoms. The van der Waals surface area contributed by atoms with Crippen LogP contribution >= 0.6 is 15.9 Å². The molecule has 1 aromatic rings. The van der Waals surface area contributed by atoms with E-state index in [1.807, 2.05) is 0 Å². The van der Waals surface area contributed by atoms with Gasteiger partial charge in [0.05, 0.1) is 11.5 Å². The molecule has 0 aliphatic heterocycles. The molecule has 5 nitrogen and oxygen atoms in total. The summed E-state index contributed by atoms with van der Waals surface area (Å²) in [5.74, 6) is 0. The van der Waals surface area contributed by atoms with Crippen LogP contribution in [0.1, 0.15) is 12.8 Å². The van der Waals surface area contributed by atoms with Crippen LogP contribution < -0.4 is 5.73 Å². The number of nitrogens with zero attached hydrogens (tertiary/aromatic N) is 1. The molecule has 0 radical (unpaired) electrons. The summed E-state index contributed by atoms with van der Waals surface area (Å²) >= 11 is 3.26. The van der Waals surface area contributed by atoms with Crippen LogP contribution in [-0.2, 0) is 14.8 Å². The zero-order valence-electron chi connectivity index (χ0n) is 10.7. The Bertz CT molecular complexity index is 558. The highest BCUT2D eigenvalue weighted by Crippen LogP contribution is 2.33. The molecular weight excluding hydrogens is 332 g/mol. The van der Waals surface area contributed by atoms with Gasteiger partial charge in [0, 0.05) is 29.9 Å². The number of nitrogen functional groups attached to an aromatic ring is 1. The smallest absolute Gasteiger partial charge is 0.243 e. The predicted molar refractivity (Wildman–Crippen MR) is 77.3 cm³/mol. The van der Waals surface area contributed by atoms with Crippen LogP contribution in [0, 0.1) is 0 Å². The van der Waals surface area contributed by atoms with E-state index in [9.17, 15) is 8.42 Å². The normalized spacial score (nSPS) is 15.9. The fraction of sp³-hybridized carbons (Fsp3) is 0.500. The number of ether oxygens (including phenoxy) is 1. The minimum absolute atomic E-state index is 0.102. The predicted octanol–water partition coefficient (Wildman–Crippen LogP) is 1.83. The van der Waals surface area contributed by atoms with Gasteiger partial charge in [-0.3, -0.25) is 0 Å². The summed E-state index contributed by atoms with van der Waals surface area (Å²) in [7, 11) is -1.93. The van der Waals surface area contributed by atoms with Gasteiger partial charge in [0.25, 0.3) is 0 Å². The standard InChI is InChI=1S/C12H17BrN2O3S/c1-18-7-6-15(9-2-3-9)19(16,17)10-4-5-11(13)12(14)8-10/h4-5,8-9H,2-3,6-7,14H2,1H3. The minimum atomic E-state index is -3.50. The van der Waals surface area contributed by atoms with Crippen molar-refractivity contribution in [3.63, 3.8) is 0 Å². The molecular formula is C12H17BrN2O3S. The van der Waals surface area contributed by atoms with Crippen LogP contribution in [0.2, 0.25) is 0 Å². The van der Waals surface area contributed by atoms with Crippen molar-refractivity contribution in [1.82, 2.24) is 4.31 Å². The lowest BCUT2D eigenvalue weighted by molar-refractivity contribution is 0.177. The summed E-state index contributed by atoms with van der Waals surface area (Å²) < 4.78 is 32.4. The van der Waals surface area contributed by atoms with Crippen LogP contribution in [0.15, 0.2) is 27.6 Å². The average Bonchev–Trinajstić information content (AvgIpc) is 3.17. The van der Waals surface area contributed by atoms with E-state index in [0.717, 1.165) is 12.8 Å². The quantitative estimate of drug-likeness (QED) is 0.796. The Morgan fingerprint density at radius 3 is 2.68 bits per heavy atom. The van der Waals surface area contributed by atoms with Crippen LogP contribution in [0.4, 0.5) is 5.69 Å². The van der Waals surface area contributed by atoms with E-state index < -0.39 is 10.0 Å². The molecule has 0 saturated heterocycles. The van der Waals surface area contributed by atoms with Gasteiger partial charge in [0.15, 0.2) is 0 Å². The minimum Gasteiger partial charge on any atom is -0.398 e. The first-order valence-electron chi connectivity index (χ1n) is 6.02. The van der Waals surface area contributed by atoms with Gasteiger partial charge in [-0.05, 0) is 47.0 Å². The number of sulfonamides is 1. The van der Waals surface area contributed by atoms with Crippen LogP contribution in [0.3, 0.4) is 0 Å². The molecule has 0 spiro atoms. The Labute approximate surface area is 121 Å². The molecule has 1 aromatic carbocycles. The number of hydrogen-bond acceptors (Lipinski definition) is 4. The SMILES string of the molecule is COCCN(C1CC1)S(=O)(=O)c1ccc(Br)c(N)c1. The van der Waals surface area contributed by atoms with Gasteiger partial charge in [0.2, 0.25) is 10.0 Å². The van der Waals surface area contributed by atoms with Crippen LogP contribution in [0.25, 0.3) is 0 Å². The fourth-order valence-electron chi connectivity index (χ4n) is 1.86. The average molecular weight is 349 g/mol. The van der Waals surface area contributed by atoms with Gasteiger partial charge < -0.3 is 10.5 Å². The Morgan fingerprint density at radius 2 is 2.16 bits per heavy atom. The Balaban J connectivity index is 2.30. The largest absolute Gasteiger partial charge is 0.398 e. The van der Waals surface area contributed by atoms with Gasteiger partial charge in [-0.15, -0.1) is 0 Å². The van der Waals surface area contributed by atoms with Gasteiger partial charge in [0.1, 0.15) is 0 Å². The van der Waals surface area contributed by atoms with E-state index in [0.29, 0.717) is 23.3 Å². The highest BCUT2D eigenvalue weighted by molar-refractivity contribution is 9.10. The number of rotatable bonds is 6. The summed E-state index contributed by atoms with van der Waals surface area (Å²) in [4.78, 5) is 0.233. The molecule has 1 fully saturated rings. The number of nitrogens with two attached hydrogens (primary N) is 1. The Morgan fingerprint density at radius 1 is 1.47 bits per heavy atom. The molecule has 1 aliphatic carbocycles. The second-order valence-electron chi connectivity index (χ2n) is 4.52. The maximum absolute atomic E-state index is 12.6. The van der Waals surface area contributed by atoms with Crippen molar-refractivity contribution in [3.05, 3.63) is 22.7 Å². The van der Waals surface area contributed by atoms with Crippen molar-refractivity contribution in [2.24, 2.45) is 0 Å². The Hall–Kier alpha value is -0.630. The van der Waals surface area contributed by atoms with Crippen molar-refractivity contribution in [2.75, 3.05) is 26.0 Å². The van der Waals surface area contributed by atoms with Crippen LogP contribution in [-0.4, -0.2) is 39.0 Å². The summed E-state index contributed by atoms with van der Waals surface area (Å²) in [6, 6.07) is 4.81. The molecule has 0 heterocycles. The highest BCUT2D eigenvalue weighted by atomic mass is 79.9. The molecule has 106 valence electrons. The first kappa shape index (κ1) is 14.8. The molecule has 0 amide bonds. The first-order chi connectivity index (χ1) is 8.96. The Kier molecular flexibility index (Phi) is 4.50. The van der Waals surface area contributed by atoms with E-state index in [-0.39, 0.29) is 10.9 Å². The van der Waals surface area contributed by atoms with E-state index >= 15 is 0 Å². The van der Waals surface area contributed by atoms with Gasteiger partial charge >= 0.3 is 0 Å². The van der Waals surface area contributed by atoms with E-state index in [4.69, 9.17) is 10.5 Å². The lowest BCUT2D eigenvalue weighted by Gasteiger charge is -2.21. The second-order valence-corrected chi connectivity index (χ2v) is 7.27. The van der Waals surface area contributed by atoms with Crippen molar-refractivity contribution in [2.45, 2.75) is 23.8 Å².